The van der Waals surface area contributed by atoms with Crippen molar-refractivity contribution in [2.45, 2.75) is 44.4 Å². The van der Waals surface area contributed by atoms with Crippen molar-refractivity contribution in [2.24, 2.45) is 4.99 Å². The smallest absolute Gasteiger partial charge is 0.338 e. The van der Waals surface area contributed by atoms with E-state index in [1.807, 2.05) is 73.0 Å². The van der Waals surface area contributed by atoms with Crippen LogP contribution in [0, 0.1) is 5.82 Å². The number of hydrogen-bond donors (Lipinski definition) is 0. The third-order valence-electron chi connectivity index (χ3n) is 7.56. The number of aromatic nitrogens is 1. The van der Waals surface area contributed by atoms with Gasteiger partial charge in [0.15, 0.2) is 4.80 Å². The number of halogens is 1. The Balaban J connectivity index is 1.52. The minimum atomic E-state index is -0.713. The second-order valence-electron chi connectivity index (χ2n) is 10.9. The van der Waals surface area contributed by atoms with E-state index in [4.69, 9.17) is 14.5 Å². The van der Waals surface area contributed by atoms with E-state index >= 15 is 0 Å². The quantitative estimate of drug-likeness (QED) is 0.139. The number of ether oxygens (including phenoxy) is 2. The monoisotopic (exact) mass is 638 g/mol. The number of nitrogens with zero attached hydrogens (tertiary/aromatic N) is 2. The van der Waals surface area contributed by atoms with Gasteiger partial charge >= 0.3 is 5.97 Å². The lowest BCUT2D eigenvalue weighted by molar-refractivity contribution is -0.143. The Morgan fingerprint density at radius 2 is 1.78 bits per heavy atom. The molecule has 228 valence electrons. The van der Waals surface area contributed by atoms with Gasteiger partial charge < -0.3 is 9.47 Å². The van der Waals surface area contributed by atoms with Gasteiger partial charge in [0.25, 0.3) is 5.56 Å². The van der Waals surface area contributed by atoms with Gasteiger partial charge in [0, 0.05) is 16.0 Å². The lowest BCUT2D eigenvalue weighted by Crippen LogP contribution is -2.40. The fourth-order valence-corrected chi connectivity index (χ4v) is 6.85. The Hall–Kier alpha value is -4.47. The molecule has 0 saturated heterocycles. The molecule has 1 atom stereocenters. The zero-order chi connectivity index (χ0) is 31.7. The van der Waals surface area contributed by atoms with E-state index in [2.05, 4.69) is 0 Å². The standard InChI is InChI=1S/C36H31FN2O4S2/c1-21(2)43-35(41)32-22(3)38-36-39(33(32)24-13-16-26(44-4)17-14-24)34(40)31(45-36)19-28-27-11-7-5-9-23(27)15-18-30(28)42-20-25-10-6-8-12-29(25)37/h5-19,21,33H,20H2,1-4H3/b31-19-/t33-/m1/s1. The van der Waals surface area contributed by atoms with Crippen LogP contribution in [0.4, 0.5) is 4.39 Å². The maximum Gasteiger partial charge on any atom is 0.338 e. The highest BCUT2D eigenvalue weighted by molar-refractivity contribution is 7.98. The Morgan fingerprint density at radius 3 is 2.51 bits per heavy atom. The molecule has 6 nitrogen and oxygen atoms in total. The highest BCUT2D eigenvalue weighted by Gasteiger charge is 2.33. The SMILES string of the molecule is CSc1ccc([C@@H]2C(C(=O)OC(C)C)=C(C)N=c3s/c(=C\c4c(OCc5ccccc5F)ccc5ccccc45)c(=O)n32)cc1. The van der Waals surface area contributed by atoms with Crippen molar-refractivity contribution >= 4 is 45.9 Å². The summed E-state index contributed by atoms with van der Waals surface area (Å²) in [5, 5.41) is 1.85. The van der Waals surface area contributed by atoms with Gasteiger partial charge in [-0.25, -0.2) is 14.2 Å². The number of rotatable bonds is 8. The van der Waals surface area contributed by atoms with Gasteiger partial charge in [0.2, 0.25) is 0 Å². The summed E-state index contributed by atoms with van der Waals surface area (Å²) in [5.74, 6) is -0.331. The summed E-state index contributed by atoms with van der Waals surface area (Å²) in [6, 6.07) is 25.2. The maximum atomic E-state index is 14.4. The van der Waals surface area contributed by atoms with Gasteiger partial charge in [0.1, 0.15) is 18.2 Å². The molecule has 0 spiro atoms. The molecule has 0 fully saturated rings. The van der Waals surface area contributed by atoms with Crippen LogP contribution in [-0.2, 0) is 16.1 Å². The molecule has 2 heterocycles. The summed E-state index contributed by atoms with van der Waals surface area (Å²) in [4.78, 5) is 34.0. The first-order chi connectivity index (χ1) is 21.7. The second kappa shape index (κ2) is 12.9. The van der Waals surface area contributed by atoms with Gasteiger partial charge in [-0.05, 0) is 73.7 Å². The summed E-state index contributed by atoms with van der Waals surface area (Å²) in [7, 11) is 0. The molecular weight excluding hydrogens is 608 g/mol. The van der Waals surface area contributed by atoms with Crippen LogP contribution in [0.5, 0.6) is 5.75 Å². The Kier molecular flexibility index (Phi) is 8.74. The number of allylic oxidation sites excluding steroid dienone is 1. The van der Waals surface area contributed by atoms with Gasteiger partial charge in [-0.1, -0.05) is 72.0 Å². The molecule has 5 aromatic rings. The van der Waals surface area contributed by atoms with Crippen LogP contribution in [0.3, 0.4) is 0 Å². The van der Waals surface area contributed by atoms with E-state index in [1.54, 1.807) is 55.3 Å². The van der Waals surface area contributed by atoms with Gasteiger partial charge in [-0.3, -0.25) is 9.36 Å². The highest BCUT2D eigenvalue weighted by atomic mass is 32.2. The molecule has 45 heavy (non-hydrogen) atoms. The first-order valence-electron chi connectivity index (χ1n) is 14.5. The van der Waals surface area contributed by atoms with Crippen molar-refractivity contribution in [1.82, 2.24) is 4.57 Å². The van der Waals surface area contributed by atoms with E-state index in [-0.39, 0.29) is 24.1 Å². The third-order valence-corrected chi connectivity index (χ3v) is 9.29. The minimum Gasteiger partial charge on any atom is -0.488 e. The molecule has 9 heteroatoms. The summed E-state index contributed by atoms with van der Waals surface area (Å²) < 4.78 is 28.2. The predicted molar refractivity (Wildman–Crippen MR) is 178 cm³/mol. The molecule has 0 N–H and O–H groups in total. The Labute approximate surface area is 268 Å². The maximum absolute atomic E-state index is 14.4. The van der Waals surface area contributed by atoms with E-state index in [0.717, 1.165) is 21.2 Å². The average molecular weight is 639 g/mol. The van der Waals surface area contributed by atoms with Crippen LogP contribution in [0.1, 0.15) is 43.5 Å². The van der Waals surface area contributed by atoms with Crippen LogP contribution in [0.2, 0.25) is 0 Å². The van der Waals surface area contributed by atoms with Crippen LogP contribution in [0.15, 0.2) is 111 Å². The fourth-order valence-electron chi connectivity index (χ4n) is 5.41. The van der Waals surface area contributed by atoms with Crippen molar-refractivity contribution < 1.29 is 18.7 Å². The van der Waals surface area contributed by atoms with Crippen molar-refractivity contribution in [3.05, 3.63) is 138 Å². The summed E-state index contributed by atoms with van der Waals surface area (Å²) in [6.07, 6.45) is 3.47. The molecule has 0 aliphatic carbocycles. The Morgan fingerprint density at radius 1 is 1.04 bits per heavy atom. The summed E-state index contributed by atoms with van der Waals surface area (Å²) >= 11 is 2.86. The van der Waals surface area contributed by atoms with Crippen LogP contribution in [-0.4, -0.2) is 22.9 Å². The molecule has 1 aliphatic heterocycles. The van der Waals surface area contributed by atoms with Crippen LogP contribution in [0.25, 0.3) is 16.8 Å². The van der Waals surface area contributed by atoms with E-state index in [9.17, 15) is 14.0 Å². The zero-order valence-electron chi connectivity index (χ0n) is 25.2. The van der Waals surface area contributed by atoms with Gasteiger partial charge in [-0.2, -0.15) is 0 Å². The number of benzene rings is 4. The van der Waals surface area contributed by atoms with Gasteiger partial charge in [0.05, 0.1) is 27.9 Å². The van der Waals surface area contributed by atoms with Crippen molar-refractivity contribution in [3.63, 3.8) is 0 Å². The normalized spacial score (nSPS) is 14.9. The number of esters is 1. The van der Waals surface area contributed by atoms with Crippen molar-refractivity contribution in [2.75, 3.05) is 6.26 Å². The molecule has 0 saturated carbocycles. The third kappa shape index (κ3) is 6.10. The zero-order valence-corrected chi connectivity index (χ0v) is 26.9. The highest BCUT2D eigenvalue weighted by Crippen LogP contribution is 2.33. The van der Waals surface area contributed by atoms with Crippen LogP contribution >= 0.6 is 23.1 Å². The molecule has 0 unspecified atom stereocenters. The molecule has 0 bridgehead atoms. The molecule has 0 radical (unpaired) electrons. The largest absolute Gasteiger partial charge is 0.488 e. The second-order valence-corrected chi connectivity index (χ2v) is 12.8. The number of carbonyl (C=O) groups is 1. The van der Waals surface area contributed by atoms with Gasteiger partial charge in [-0.15, -0.1) is 11.8 Å². The fraction of sp³-hybridized carbons (Fsp3) is 0.194. The number of fused-ring (bicyclic) bond motifs is 2. The number of thioether (sulfide) groups is 1. The first kappa shape index (κ1) is 30.6. The number of carbonyl (C=O) groups excluding carboxylic acids is 1. The lowest BCUT2D eigenvalue weighted by atomic mass is 9.96. The molecule has 4 aromatic carbocycles. The number of thiazole rings is 1. The molecule has 6 rings (SSSR count). The van der Waals surface area contributed by atoms with E-state index in [0.29, 0.717) is 37.5 Å². The topological polar surface area (TPSA) is 69.9 Å². The number of hydrogen-bond acceptors (Lipinski definition) is 7. The molecule has 0 amide bonds. The van der Waals surface area contributed by atoms with Crippen LogP contribution < -0.4 is 19.6 Å². The van der Waals surface area contributed by atoms with Crippen molar-refractivity contribution in [3.8, 4) is 5.75 Å². The summed E-state index contributed by atoms with van der Waals surface area (Å²) in [6.45, 7) is 5.39. The van der Waals surface area contributed by atoms with Crippen molar-refractivity contribution in [1.29, 1.82) is 0 Å². The summed E-state index contributed by atoms with van der Waals surface area (Å²) in [5.41, 5.74) is 2.47. The predicted octanol–water partition coefficient (Wildman–Crippen LogP) is 6.78. The first-order valence-corrected chi connectivity index (χ1v) is 16.5. The molecule has 1 aromatic heterocycles. The molecule has 1 aliphatic rings. The molecular formula is C36H31FN2O4S2. The minimum absolute atomic E-state index is 0.0274. The lowest BCUT2D eigenvalue weighted by Gasteiger charge is -2.25. The van der Waals surface area contributed by atoms with E-state index in [1.165, 1.54) is 17.4 Å². The average Bonchev–Trinajstić information content (AvgIpc) is 3.34. The van der Waals surface area contributed by atoms with E-state index < -0.39 is 12.0 Å². The Bertz CT molecular complexity index is 2130.